The number of piperidine rings is 1. The predicted octanol–water partition coefficient (Wildman–Crippen LogP) is 3.35. The van der Waals surface area contributed by atoms with Gasteiger partial charge in [0.25, 0.3) is 0 Å². The Bertz CT molecular complexity index is 448. The van der Waals surface area contributed by atoms with Crippen molar-refractivity contribution in [2.75, 3.05) is 25.0 Å². The van der Waals surface area contributed by atoms with Crippen LogP contribution in [-0.2, 0) is 0 Å². The smallest absolute Gasteiger partial charge is 0.407 e. The van der Waals surface area contributed by atoms with Gasteiger partial charge in [0, 0.05) is 25.8 Å². The molecule has 0 saturated carbocycles. The van der Waals surface area contributed by atoms with Crippen LogP contribution in [0.2, 0.25) is 0 Å². The highest BCUT2D eigenvalue weighted by Crippen LogP contribution is 2.32. The van der Waals surface area contributed by atoms with Gasteiger partial charge >= 0.3 is 6.09 Å². The van der Waals surface area contributed by atoms with Gasteiger partial charge in [0.05, 0.1) is 6.04 Å². The third-order valence-corrected chi connectivity index (χ3v) is 3.92. The lowest BCUT2D eigenvalue weighted by Gasteiger charge is -2.34. The predicted molar refractivity (Wildman–Crippen MR) is 76.7 cm³/mol. The molecule has 0 bridgehead atoms. The largest absolute Gasteiger partial charge is 0.465 e. The van der Waals surface area contributed by atoms with E-state index in [1.165, 1.54) is 0 Å². The van der Waals surface area contributed by atoms with E-state index in [-0.39, 0.29) is 6.04 Å². The maximum Gasteiger partial charge on any atom is 0.407 e. The highest BCUT2D eigenvalue weighted by Gasteiger charge is 2.27. The summed E-state index contributed by atoms with van der Waals surface area (Å²) in [5.74, 6) is 0. The first-order chi connectivity index (χ1) is 9.13. The fourth-order valence-corrected chi connectivity index (χ4v) is 2.66. The van der Waals surface area contributed by atoms with E-state index in [0.717, 1.165) is 37.1 Å². The van der Waals surface area contributed by atoms with Crippen LogP contribution in [0, 0.1) is 0 Å². The molecule has 1 atom stereocenters. The molecule has 1 aliphatic rings. The highest BCUT2D eigenvalue weighted by atomic mass is 16.4. The van der Waals surface area contributed by atoms with Crippen molar-refractivity contribution < 1.29 is 9.90 Å². The molecule has 19 heavy (non-hydrogen) atoms. The summed E-state index contributed by atoms with van der Waals surface area (Å²) in [4.78, 5) is 15.1. The lowest BCUT2D eigenvalue weighted by Crippen LogP contribution is -2.37. The number of amides is 1. The van der Waals surface area contributed by atoms with Gasteiger partial charge in [0.15, 0.2) is 0 Å². The third-order valence-electron chi connectivity index (χ3n) is 3.92. The number of hydrogen-bond acceptors (Lipinski definition) is 2. The summed E-state index contributed by atoms with van der Waals surface area (Å²) in [6.07, 6.45) is 2.18. The molecule has 104 valence electrons. The van der Waals surface area contributed by atoms with Crippen LogP contribution in [0.5, 0.6) is 0 Å². The van der Waals surface area contributed by atoms with Crippen LogP contribution in [0.15, 0.2) is 24.3 Å². The molecule has 1 N–H and O–H groups in total. The molecule has 1 aromatic rings. The first kappa shape index (κ1) is 13.7. The normalized spacial score (nSPS) is 19.3. The Kier molecular flexibility index (Phi) is 4.30. The van der Waals surface area contributed by atoms with Gasteiger partial charge in [-0.15, -0.1) is 0 Å². The zero-order valence-corrected chi connectivity index (χ0v) is 11.7. The van der Waals surface area contributed by atoms with Crippen molar-refractivity contribution in [3.05, 3.63) is 29.8 Å². The molecule has 1 unspecified atom stereocenters. The number of nitrogens with zero attached hydrogens (tertiary/aromatic N) is 2. The van der Waals surface area contributed by atoms with E-state index < -0.39 is 6.09 Å². The molecule has 1 fully saturated rings. The minimum atomic E-state index is -0.807. The summed E-state index contributed by atoms with van der Waals surface area (Å²) in [7, 11) is 2.05. The summed E-state index contributed by atoms with van der Waals surface area (Å²) in [5, 5.41) is 9.31. The molecule has 2 rings (SSSR count). The third kappa shape index (κ3) is 3.00. The van der Waals surface area contributed by atoms with Crippen molar-refractivity contribution in [2.24, 2.45) is 0 Å². The first-order valence-electron chi connectivity index (χ1n) is 6.94. The first-order valence-corrected chi connectivity index (χ1v) is 6.94. The number of carboxylic acid groups (broad SMARTS) is 1. The van der Waals surface area contributed by atoms with Gasteiger partial charge in [-0.3, -0.25) is 0 Å². The SMILES string of the molecule is CCN(C)c1cccc(C2CCCCN2C(=O)O)c1. The summed E-state index contributed by atoms with van der Waals surface area (Å²) in [5.41, 5.74) is 2.26. The van der Waals surface area contributed by atoms with Gasteiger partial charge in [-0.25, -0.2) is 4.79 Å². The Hall–Kier alpha value is -1.71. The Balaban J connectivity index is 2.26. The minimum Gasteiger partial charge on any atom is -0.465 e. The number of benzene rings is 1. The molecule has 1 heterocycles. The van der Waals surface area contributed by atoms with Gasteiger partial charge < -0.3 is 14.9 Å². The highest BCUT2D eigenvalue weighted by molar-refractivity contribution is 5.66. The van der Waals surface area contributed by atoms with E-state index in [1.807, 2.05) is 12.1 Å². The summed E-state index contributed by atoms with van der Waals surface area (Å²) < 4.78 is 0. The zero-order valence-electron chi connectivity index (χ0n) is 11.7. The summed E-state index contributed by atoms with van der Waals surface area (Å²) in [6.45, 7) is 3.70. The van der Waals surface area contributed by atoms with Crippen molar-refractivity contribution >= 4 is 11.8 Å². The van der Waals surface area contributed by atoms with Crippen LogP contribution in [0.3, 0.4) is 0 Å². The van der Waals surface area contributed by atoms with Gasteiger partial charge in [-0.05, 0) is 43.9 Å². The second-order valence-electron chi connectivity index (χ2n) is 5.10. The Labute approximate surface area is 114 Å². The van der Waals surface area contributed by atoms with E-state index in [2.05, 4.69) is 31.0 Å². The lowest BCUT2D eigenvalue weighted by atomic mass is 9.95. The number of hydrogen-bond donors (Lipinski definition) is 1. The van der Waals surface area contributed by atoms with Crippen LogP contribution in [0.1, 0.15) is 37.8 Å². The van der Waals surface area contributed by atoms with Gasteiger partial charge in [0.2, 0.25) is 0 Å². The van der Waals surface area contributed by atoms with Crippen molar-refractivity contribution in [3.63, 3.8) is 0 Å². The Morgan fingerprint density at radius 2 is 2.26 bits per heavy atom. The van der Waals surface area contributed by atoms with E-state index in [1.54, 1.807) is 4.90 Å². The fraction of sp³-hybridized carbons (Fsp3) is 0.533. The monoisotopic (exact) mass is 262 g/mol. The standard InChI is InChI=1S/C15H22N2O2/c1-3-16(2)13-8-6-7-12(11-13)14-9-4-5-10-17(14)15(18)19/h6-8,11,14H,3-5,9-10H2,1-2H3,(H,18,19). The second kappa shape index (κ2) is 5.95. The van der Waals surface area contributed by atoms with Crippen molar-refractivity contribution in [2.45, 2.75) is 32.2 Å². The zero-order chi connectivity index (χ0) is 13.8. The average molecular weight is 262 g/mol. The van der Waals surface area contributed by atoms with Crippen LogP contribution < -0.4 is 4.90 Å². The van der Waals surface area contributed by atoms with Crippen LogP contribution >= 0.6 is 0 Å². The molecule has 4 heteroatoms. The van der Waals surface area contributed by atoms with Crippen molar-refractivity contribution in [1.82, 2.24) is 4.90 Å². The number of anilines is 1. The van der Waals surface area contributed by atoms with Crippen LogP contribution in [0.4, 0.5) is 10.5 Å². The van der Waals surface area contributed by atoms with Crippen LogP contribution in [-0.4, -0.2) is 36.2 Å². The Morgan fingerprint density at radius 1 is 1.47 bits per heavy atom. The summed E-state index contributed by atoms with van der Waals surface area (Å²) in [6, 6.07) is 8.26. The quantitative estimate of drug-likeness (QED) is 0.908. The average Bonchev–Trinajstić information content (AvgIpc) is 2.46. The van der Waals surface area contributed by atoms with Crippen molar-refractivity contribution in [1.29, 1.82) is 0 Å². The van der Waals surface area contributed by atoms with Gasteiger partial charge in [-0.2, -0.15) is 0 Å². The number of rotatable bonds is 3. The minimum absolute atomic E-state index is 0.0106. The molecular formula is C15H22N2O2. The van der Waals surface area contributed by atoms with Crippen molar-refractivity contribution in [3.8, 4) is 0 Å². The van der Waals surface area contributed by atoms with E-state index in [0.29, 0.717) is 6.54 Å². The molecule has 0 radical (unpaired) electrons. The van der Waals surface area contributed by atoms with E-state index in [9.17, 15) is 9.90 Å². The number of likely N-dealkylation sites (tertiary alicyclic amines) is 1. The second-order valence-corrected chi connectivity index (χ2v) is 5.10. The number of carbonyl (C=O) groups is 1. The molecule has 1 aliphatic heterocycles. The fourth-order valence-electron chi connectivity index (χ4n) is 2.66. The molecule has 1 saturated heterocycles. The van der Waals surface area contributed by atoms with E-state index in [4.69, 9.17) is 0 Å². The molecular weight excluding hydrogens is 240 g/mol. The molecule has 4 nitrogen and oxygen atoms in total. The van der Waals surface area contributed by atoms with Gasteiger partial charge in [0.1, 0.15) is 0 Å². The lowest BCUT2D eigenvalue weighted by molar-refractivity contribution is 0.107. The molecule has 1 amide bonds. The molecule has 0 spiro atoms. The molecule has 0 aromatic heterocycles. The maximum atomic E-state index is 11.3. The van der Waals surface area contributed by atoms with Gasteiger partial charge in [-0.1, -0.05) is 12.1 Å². The van der Waals surface area contributed by atoms with E-state index >= 15 is 0 Å². The summed E-state index contributed by atoms with van der Waals surface area (Å²) >= 11 is 0. The van der Waals surface area contributed by atoms with Crippen LogP contribution in [0.25, 0.3) is 0 Å². The maximum absolute atomic E-state index is 11.3. The Morgan fingerprint density at radius 3 is 2.95 bits per heavy atom. The molecule has 0 aliphatic carbocycles. The molecule has 1 aromatic carbocycles. The topological polar surface area (TPSA) is 43.8 Å².